The number of amides is 1. The molecule has 3 rings (SSSR count). The summed E-state index contributed by atoms with van der Waals surface area (Å²) in [6.07, 6.45) is 2.87. The molecule has 0 aromatic carbocycles. The number of hydrogen-bond donors (Lipinski definition) is 2. The Morgan fingerprint density at radius 3 is 3.16 bits per heavy atom. The van der Waals surface area contributed by atoms with Crippen LogP contribution in [0.2, 0.25) is 0 Å². The van der Waals surface area contributed by atoms with Crippen LogP contribution in [-0.4, -0.2) is 34.9 Å². The molecule has 0 spiro atoms. The van der Waals surface area contributed by atoms with Crippen molar-refractivity contribution in [3.63, 3.8) is 0 Å². The normalized spacial score (nSPS) is 16.5. The molecule has 2 aromatic rings. The monoisotopic (exact) mass is 259 g/mol. The van der Waals surface area contributed by atoms with E-state index < -0.39 is 0 Å². The van der Waals surface area contributed by atoms with Gasteiger partial charge in [-0.1, -0.05) is 6.07 Å². The van der Waals surface area contributed by atoms with Crippen molar-refractivity contribution < 1.29 is 4.79 Å². The summed E-state index contributed by atoms with van der Waals surface area (Å²) >= 11 is 0. The Hall–Kier alpha value is -2.08. The van der Waals surface area contributed by atoms with Gasteiger partial charge in [-0.3, -0.25) is 4.79 Å². The van der Waals surface area contributed by atoms with E-state index in [4.69, 9.17) is 5.73 Å². The van der Waals surface area contributed by atoms with Crippen LogP contribution in [-0.2, 0) is 11.3 Å². The maximum atomic E-state index is 11.7. The minimum Gasteiger partial charge on any atom is -0.354 e. The molecule has 6 nitrogen and oxygen atoms in total. The van der Waals surface area contributed by atoms with Crippen molar-refractivity contribution in [3.05, 3.63) is 30.1 Å². The van der Waals surface area contributed by atoms with Gasteiger partial charge in [-0.05, 0) is 18.6 Å². The molecule has 2 aromatic heterocycles. The zero-order chi connectivity index (χ0) is 13.2. The smallest absolute Gasteiger partial charge is 0.239 e. The highest BCUT2D eigenvalue weighted by molar-refractivity contribution is 5.81. The van der Waals surface area contributed by atoms with Gasteiger partial charge in [0.05, 0.1) is 12.2 Å². The molecular weight excluding hydrogens is 242 g/mol. The van der Waals surface area contributed by atoms with Crippen LogP contribution >= 0.6 is 0 Å². The van der Waals surface area contributed by atoms with E-state index in [-0.39, 0.29) is 5.91 Å². The first-order valence-electron chi connectivity index (χ1n) is 6.47. The van der Waals surface area contributed by atoms with Gasteiger partial charge in [-0.15, -0.1) is 0 Å². The predicted molar refractivity (Wildman–Crippen MR) is 72.9 cm³/mol. The van der Waals surface area contributed by atoms with Crippen molar-refractivity contribution in [1.82, 2.24) is 14.7 Å². The fourth-order valence-electron chi connectivity index (χ4n) is 2.46. The summed E-state index contributed by atoms with van der Waals surface area (Å²) in [5.41, 5.74) is 7.67. The number of aromatic nitrogens is 2. The molecule has 0 unspecified atom stereocenters. The molecule has 19 heavy (non-hydrogen) atoms. The number of fused-ring (bicyclic) bond motifs is 1. The predicted octanol–water partition coefficient (Wildman–Crippen LogP) is 0.119. The van der Waals surface area contributed by atoms with Gasteiger partial charge in [-0.25, -0.2) is 4.98 Å². The molecule has 1 amide bonds. The average molecular weight is 259 g/mol. The molecule has 1 saturated heterocycles. The average Bonchev–Trinajstić information content (AvgIpc) is 2.66. The second kappa shape index (κ2) is 4.89. The van der Waals surface area contributed by atoms with Crippen molar-refractivity contribution >= 4 is 17.4 Å². The molecule has 0 bridgehead atoms. The topological polar surface area (TPSA) is 75.7 Å². The molecule has 0 atom stereocenters. The minimum atomic E-state index is 0.0394. The van der Waals surface area contributed by atoms with E-state index in [0.29, 0.717) is 13.1 Å². The fraction of sp³-hybridized carbons (Fsp3) is 0.385. The zero-order valence-electron chi connectivity index (χ0n) is 10.7. The Morgan fingerprint density at radius 1 is 1.42 bits per heavy atom. The van der Waals surface area contributed by atoms with Crippen molar-refractivity contribution in [2.45, 2.75) is 13.0 Å². The van der Waals surface area contributed by atoms with Crippen molar-refractivity contribution in [3.8, 4) is 0 Å². The number of nitrogens with two attached hydrogens (primary N) is 1. The van der Waals surface area contributed by atoms with Crippen LogP contribution in [0.25, 0.3) is 5.65 Å². The van der Waals surface area contributed by atoms with Crippen LogP contribution in [0.5, 0.6) is 0 Å². The Kier molecular flexibility index (Phi) is 3.08. The molecular formula is C13H17N5O. The summed E-state index contributed by atoms with van der Waals surface area (Å²) in [5, 5.41) is 2.87. The molecule has 3 heterocycles. The van der Waals surface area contributed by atoms with Crippen LogP contribution in [0.15, 0.2) is 24.4 Å². The Morgan fingerprint density at radius 2 is 2.32 bits per heavy atom. The van der Waals surface area contributed by atoms with Crippen molar-refractivity contribution in [2.24, 2.45) is 5.73 Å². The first-order chi connectivity index (χ1) is 9.29. The van der Waals surface area contributed by atoms with Gasteiger partial charge in [0.15, 0.2) is 5.82 Å². The largest absolute Gasteiger partial charge is 0.354 e. The maximum Gasteiger partial charge on any atom is 0.239 e. The van der Waals surface area contributed by atoms with Crippen LogP contribution in [0, 0.1) is 0 Å². The highest BCUT2D eigenvalue weighted by Crippen LogP contribution is 2.22. The summed E-state index contributed by atoms with van der Waals surface area (Å²) in [6, 6.07) is 5.84. The number of nitrogens with one attached hydrogen (secondary N) is 1. The summed E-state index contributed by atoms with van der Waals surface area (Å²) in [4.78, 5) is 18.3. The summed E-state index contributed by atoms with van der Waals surface area (Å²) in [6.45, 7) is 2.28. The van der Waals surface area contributed by atoms with Gasteiger partial charge in [-0.2, -0.15) is 0 Å². The second-order valence-corrected chi connectivity index (χ2v) is 4.64. The molecule has 0 radical (unpaired) electrons. The summed E-state index contributed by atoms with van der Waals surface area (Å²) in [7, 11) is 0. The third kappa shape index (κ3) is 2.15. The summed E-state index contributed by atoms with van der Waals surface area (Å²) < 4.78 is 1.98. The van der Waals surface area contributed by atoms with E-state index in [0.717, 1.165) is 36.7 Å². The van der Waals surface area contributed by atoms with Gasteiger partial charge in [0, 0.05) is 25.8 Å². The van der Waals surface area contributed by atoms with Crippen molar-refractivity contribution in [1.29, 1.82) is 0 Å². The quantitative estimate of drug-likeness (QED) is 0.803. The lowest BCUT2D eigenvalue weighted by Crippen LogP contribution is -2.33. The highest BCUT2D eigenvalue weighted by Gasteiger charge is 2.21. The maximum absolute atomic E-state index is 11.7. The number of imidazole rings is 1. The SMILES string of the molecule is NCc1c(N2CCCNC(=O)C2)nc2ccccn12. The Balaban J connectivity index is 2.05. The molecule has 0 saturated carbocycles. The Bertz CT molecular complexity index is 606. The standard InChI is InChI=1S/C13H17N5O/c14-8-10-13(16-11-4-1-2-7-18(10)11)17-6-3-5-15-12(19)9-17/h1-2,4,7H,3,5-6,8-9,14H2,(H,15,19). The van der Waals surface area contributed by atoms with Crippen LogP contribution in [0.3, 0.4) is 0 Å². The fourth-order valence-corrected chi connectivity index (χ4v) is 2.46. The molecule has 1 aliphatic rings. The first kappa shape index (κ1) is 12.0. The van der Waals surface area contributed by atoms with E-state index in [9.17, 15) is 4.79 Å². The number of pyridine rings is 1. The van der Waals surface area contributed by atoms with Gasteiger partial charge >= 0.3 is 0 Å². The van der Waals surface area contributed by atoms with E-state index in [1.807, 2.05) is 33.7 Å². The number of hydrogen-bond acceptors (Lipinski definition) is 4. The van der Waals surface area contributed by atoms with Crippen LogP contribution < -0.4 is 16.0 Å². The third-order valence-electron chi connectivity index (χ3n) is 3.36. The lowest BCUT2D eigenvalue weighted by atomic mass is 10.3. The van der Waals surface area contributed by atoms with Gasteiger partial charge in [0.25, 0.3) is 0 Å². The minimum absolute atomic E-state index is 0.0394. The van der Waals surface area contributed by atoms with E-state index in [1.165, 1.54) is 0 Å². The number of rotatable bonds is 2. The number of nitrogens with zero attached hydrogens (tertiary/aromatic N) is 3. The van der Waals surface area contributed by atoms with Gasteiger partial charge in [0.2, 0.25) is 5.91 Å². The van der Waals surface area contributed by atoms with E-state index in [2.05, 4.69) is 10.3 Å². The zero-order valence-corrected chi connectivity index (χ0v) is 10.7. The van der Waals surface area contributed by atoms with Crippen LogP contribution in [0.1, 0.15) is 12.1 Å². The van der Waals surface area contributed by atoms with Gasteiger partial charge < -0.3 is 20.4 Å². The van der Waals surface area contributed by atoms with Crippen LogP contribution in [0.4, 0.5) is 5.82 Å². The van der Waals surface area contributed by atoms with E-state index in [1.54, 1.807) is 0 Å². The lowest BCUT2D eigenvalue weighted by molar-refractivity contribution is -0.119. The first-order valence-corrected chi connectivity index (χ1v) is 6.47. The van der Waals surface area contributed by atoms with E-state index >= 15 is 0 Å². The molecule has 3 N–H and O–H groups in total. The van der Waals surface area contributed by atoms with Crippen molar-refractivity contribution in [2.75, 3.05) is 24.5 Å². The number of carbonyl (C=O) groups excluding carboxylic acids is 1. The molecule has 1 aliphatic heterocycles. The molecule has 100 valence electrons. The summed E-state index contributed by atoms with van der Waals surface area (Å²) in [5.74, 6) is 0.864. The van der Waals surface area contributed by atoms with Gasteiger partial charge in [0.1, 0.15) is 5.65 Å². The highest BCUT2D eigenvalue weighted by atomic mass is 16.2. The molecule has 0 aliphatic carbocycles. The third-order valence-corrected chi connectivity index (χ3v) is 3.36. The lowest BCUT2D eigenvalue weighted by Gasteiger charge is -2.19. The number of carbonyl (C=O) groups is 1. The number of anilines is 1. The Labute approximate surface area is 111 Å². The molecule has 6 heteroatoms. The molecule has 1 fully saturated rings. The second-order valence-electron chi connectivity index (χ2n) is 4.64.